The number of nitrogens with one attached hydrogen (secondary N) is 2. The van der Waals surface area contributed by atoms with Gasteiger partial charge in [0.15, 0.2) is 0 Å². The quantitative estimate of drug-likeness (QED) is 0.608. The molecule has 0 fully saturated rings. The number of rotatable bonds is 11. The summed E-state index contributed by atoms with van der Waals surface area (Å²) in [4.78, 5) is 15.3. The molecule has 132 valence electrons. The Morgan fingerprint density at radius 3 is 2.43 bits per heavy atom. The van der Waals surface area contributed by atoms with E-state index >= 15 is 0 Å². The Labute approximate surface area is 140 Å². The van der Waals surface area contributed by atoms with Crippen LogP contribution in [0.15, 0.2) is 18.3 Å². The molecular weight excluding hydrogens is 294 g/mol. The van der Waals surface area contributed by atoms with Gasteiger partial charge in [0.25, 0.3) is 0 Å². The lowest BCUT2D eigenvalue weighted by atomic mass is 10.2. The fraction of sp³-hybridized carbons (Fsp3) is 0.647. The van der Waals surface area contributed by atoms with Gasteiger partial charge in [0, 0.05) is 25.7 Å². The molecule has 0 aliphatic heterocycles. The molecule has 0 aliphatic rings. The van der Waals surface area contributed by atoms with E-state index < -0.39 is 0 Å². The van der Waals surface area contributed by atoms with Gasteiger partial charge in [0.1, 0.15) is 0 Å². The van der Waals surface area contributed by atoms with Crippen LogP contribution in [0.1, 0.15) is 38.4 Å². The average Bonchev–Trinajstić information content (AvgIpc) is 2.61. The minimum Gasteiger partial charge on any atom is -0.375 e. The Morgan fingerprint density at radius 2 is 1.83 bits per heavy atom. The van der Waals surface area contributed by atoms with E-state index in [2.05, 4.69) is 15.6 Å². The number of likely N-dealkylation sites (N-methyl/N-ethyl adjacent to an activating group) is 1. The van der Waals surface area contributed by atoms with E-state index in [-0.39, 0.29) is 5.91 Å². The number of hydrogen-bond donors (Lipinski definition) is 2. The van der Waals surface area contributed by atoms with Gasteiger partial charge in [-0.15, -0.1) is 0 Å². The number of hydrogen-bond acceptors (Lipinski definition) is 5. The fourth-order valence-corrected chi connectivity index (χ4v) is 1.55. The molecule has 0 unspecified atom stereocenters. The second-order valence-corrected chi connectivity index (χ2v) is 4.57. The molecular formula is C17H31N3O3. The second kappa shape index (κ2) is 15.4. The molecule has 1 heterocycles. The van der Waals surface area contributed by atoms with E-state index in [1.807, 2.05) is 40.0 Å². The van der Waals surface area contributed by atoms with Gasteiger partial charge < -0.3 is 20.1 Å². The van der Waals surface area contributed by atoms with Crippen LogP contribution < -0.4 is 10.6 Å². The Hall–Kier alpha value is -1.50. The SMILES string of the molecule is CC.CCC(=O)NCCOCc1ccc(COCCNC)cn1. The van der Waals surface area contributed by atoms with Gasteiger partial charge in [-0.25, -0.2) is 0 Å². The van der Waals surface area contributed by atoms with E-state index in [0.29, 0.717) is 39.4 Å². The third kappa shape index (κ3) is 11.7. The number of ether oxygens (including phenoxy) is 2. The van der Waals surface area contributed by atoms with Crippen LogP contribution in [0.4, 0.5) is 0 Å². The van der Waals surface area contributed by atoms with Crippen LogP contribution in [0.2, 0.25) is 0 Å². The van der Waals surface area contributed by atoms with Gasteiger partial charge in [-0.3, -0.25) is 9.78 Å². The van der Waals surface area contributed by atoms with Crippen LogP contribution in [0.5, 0.6) is 0 Å². The standard InChI is InChI=1S/C15H25N3O3.C2H6/c1-3-15(19)17-7-9-21-12-14-5-4-13(10-18-14)11-20-8-6-16-2;1-2/h4-5,10,16H,3,6-9,11-12H2,1-2H3,(H,17,19);1-2H3. The number of carbonyl (C=O) groups excluding carboxylic acids is 1. The van der Waals surface area contributed by atoms with Crippen molar-refractivity contribution in [3.8, 4) is 0 Å². The molecule has 0 saturated heterocycles. The first-order valence-electron chi connectivity index (χ1n) is 8.26. The number of pyridine rings is 1. The smallest absolute Gasteiger partial charge is 0.219 e. The summed E-state index contributed by atoms with van der Waals surface area (Å²) in [6.45, 7) is 9.39. The molecule has 0 radical (unpaired) electrons. The van der Waals surface area contributed by atoms with E-state index in [9.17, 15) is 4.79 Å². The highest BCUT2D eigenvalue weighted by Crippen LogP contribution is 2.03. The van der Waals surface area contributed by atoms with Gasteiger partial charge >= 0.3 is 0 Å². The van der Waals surface area contributed by atoms with E-state index in [1.54, 1.807) is 6.20 Å². The zero-order valence-corrected chi connectivity index (χ0v) is 14.9. The number of aromatic nitrogens is 1. The van der Waals surface area contributed by atoms with Gasteiger partial charge in [-0.1, -0.05) is 26.8 Å². The van der Waals surface area contributed by atoms with Crippen molar-refractivity contribution in [2.24, 2.45) is 0 Å². The molecule has 0 spiro atoms. The first kappa shape index (κ1) is 21.5. The number of carbonyl (C=O) groups is 1. The van der Waals surface area contributed by atoms with Crippen LogP contribution in [-0.4, -0.2) is 44.2 Å². The monoisotopic (exact) mass is 325 g/mol. The molecule has 1 aromatic heterocycles. The lowest BCUT2D eigenvalue weighted by Gasteiger charge is -2.07. The summed E-state index contributed by atoms with van der Waals surface area (Å²) in [5, 5.41) is 5.78. The maximum atomic E-state index is 11.0. The van der Waals surface area contributed by atoms with E-state index in [0.717, 1.165) is 17.8 Å². The lowest BCUT2D eigenvalue weighted by Crippen LogP contribution is -2.26. The number of amides is 1. The summed E-state index contributed by atoms with van der Waals surface area (Å²) in [5.74, 6) is 0.0411. The molecule has 0 saturated carbocycles. The average molecular weight is 325 g/mol. The van der Waals surface area contributed by atoms with E-state index in [1.165, 1.54) is 0 Å². The highest BCUT2D eigenvalue weighted by Gasteiger charge is 1.99. The topological polar surface area (TPSA) is 72.5 Å². The largest absolute Gasteiger partial charge is 0.375 e. The van der Waals surface area contributed by atoms with Crippen LogP contribution >= 0.6 is 0 Å². The second-order valence-electron chi connectivity index (χ2n) is 4.57. The zero-order chi connectivity index (χ0) is 17.3. The van der Waals surface area contributed by atoms with Crippen LogP contribution in [0.3, 0.4) is 0 Å². The molecule has 23 heavy (non-hydrogen) atoms. The van der Waals surface area contributed by atoms with Crippen molar-refractivity contribution in [2.75, 3.05) is 33.4 Å². The summed E-state index contributed by atoms with van der Waals surface area (Å²) in [7, 11) is 1.90. The predicted octanol–water partition coefficient (Wildman–Crippen LogP) is 1.89. The van der Waals surface area contributed by atoms with Crippen LogP contribution in [0, 0.1) is 0 Å². The van der Waals surface area contributed by atoms with Crippen molar-refractivity contribution in [3.63, 3.8) is 0 Å². The lowest BCUT2D eigenvalue weighted by molar-refractivity contribution is -0.121. The third-order valence-corrected chi connectivity index (χ3v) is 2.79. The summed E-state index contributed by atoms with van der Waals surface area (Å²) in [6.07, 6.45) is 2.30. The molecule has 6 nitrogen and oxygen atoms in total. The molecule has 2 N–H and O–H groups in total. The minimum atomic E-state index is 0.0411. The first-order chi connectivity index (χ1) is 11.3. The van der Waals surface area contributed by atoms with Gasteiger partial charge in [-0.05, 0) is 18.7 Å². The maximum absolute atomic E-state index is 11.0. The van der Waals surface area contributed by atoms with Crippen molar-refractivity contribution in [2.45, 2.75) is 40.4 Å². The maximum Gasteiger partial charge on any atom is 0.219 e. The molecule has 0 aromatic carbocycles. The van der Waals surface area contributed by atoms with Crippen molar-refractivity contribution in [3.05, 3.63) is 29.6 Å². The molecule has 0 bridgehead atoms. The Morgan fingerprint density at radius 1 is 1.13 bits per heavy atom. The number of nitrogens with zero attached hydrogens (tertiary/aromatic N) is 1. The van der Waals surface area contributed by atoms with Crippen LogP contribution in [0.25, 0.3) is 0 Å². The molecule has 6 heteroatoms. The molecule has 1 rings (SSSR count). The Kier molecular flexibility index (Phi) is 14.4. The highest BCUT2D eigenvalue weighted by molar-refractivity contribution is 5.75. The third-order valence-electron chi connectivity index (χ3n) is 2.79. The van der Waals surface area contributed by atoms with Crippen molar-refractivity contribution in [1.82, 2.24) is 15.6 Å². The molecule has 1 aromatic rings. The highest BCUT2D eigenvalue weighted by atomic mass is 16.5. The predicted molar refractivity (Wildman–Crippen MR) is 92.1 cm³/mol. The van der Waals surface area contributed by atoms with Gasteiger partial charge in [0.2, 0.25) is 5.91 Å². The first-order valence-corrected chi connectivity index (χ1v) is 8.26. The molecule has 1 amide bonds. The normalized spacial score (nSPS) is 9.91. The zero-order valence-electron chi connectivity index (χ0n) is 14.9. The van der Waals surface area contributed by atoms with Crippen molar-refractivity contribution < 1.29 is 14.3 Å². The summed E-state index contributed by atoms with van der Waals surface area (Å²) < 4.78 is 10.9. The van der Waals surface area contributed by atoms with Gasteiger partial charge in [-0.2, -0.15) is 0 Å². The summed E-state index contributed by atoms with van der Waals surface area (Å²) in [5.41, 5.74) is 1.92. The van der Waals surface area contributed by atoms with Crippen molar-refractivity contribution in [1.29, 1.82) is 0 Å². The van der Waals surface area contributed by atoms with E-state index in [4.69, 9.17) is 9.47 Å². The Balaban J connectivity index is 0.00000232. The van der Waals surface area contributed by atoms with Crippen molar-refractivity contribution >= 4 is 5.91 Å². The fourth-order valence-electron chi connectivity index (χ4n) is 1.55. The van der Waals surface area contributed by atoms with Crippen LogP contribution in [-0.2, 0) is 27.5 Å². The summed E-state index contributed by atoms with van der Waals surface area (Å²) >= 11 is 0. The Bertz CT molecular complexity index is 397. The molecule has 0 aliphatic carbocycles. The van der Waals surface area contributed by atoms with Gasteiger partial charge in [0.05, 0.1) is 32.1 Å². The molecule has 0 atom stereocenters. The summed E-state index contributed by atoms with van der Waals surface area (Å²) in [6, 6.07) is 3.92. The minimum absolute atomic E-state index is 0.0411.